The maximum atomic E-state index is 13.4. The zero-order chi connectivity index (χ0) is 23.5. The van der Waals surface area contributed by atoms with Gasteiger partial charge in [0.25, 0.3) is 0 Å². The van der Waals surface area contributed by atoms with E-state index >= 15 is 0 Å². The molecule has 0 spiro atoms. The average Bonchev–Trinajstić information content (AvgIpc) is 3.20. The van der Waals surface area contributed by atoms with Crippen molar-refractivity contribution in [1.29, 1.82) is 0 Å². The van der Waals surface area contributed by atoms with E-state index in [4.69, 9.17) is 9.47 Å². The quantitative estimate of drug-likeness (QED) is 0.676. The number of ether oxygens (including phenoxy) is 2. The lowest BCUT2D eigenvalue weighted by Gasteiger charge is -2.38. The highest BCUT2D eigenvalue weighted by Crippen LogP contribution is 2.38. The van der Waals surface area contributed by atoms with Gasteiger partial charge in [-0.2, -0.15) is 13.2 Å². The molecule has 1 aromatic rings. The number of amides is 2. The minimum atomic E-state index is -4.97. The second-order valence-electron chi connectivity index (χ2n) is 9.45. The summed E-state index contributed by atoms with van der Waals surface area (Å²) in [4.78, 5) is 27.0. The number of alkyl halides is 3. The first-order valence-electron chi connectivity index (χ1n) is 11.0. The van der Waals surface area contributed by atoms with Crippen LogP contribution in [0.2, 0.25) is 0 Å². The van der Waals surface area contributed by atoms with Gasteiger partial charge in [-0.1, -0.05) is 30.3 Å². The van der Waals surface area contributed by atoms with E-state index in [2.05, 4.69) is 0 Å². The van der Waals surface area contributed by atoms with Gasteiger partial charge in [-0.25, -0.2) is 4.79 Å². The molecule has 1 saturated heterocycles. The molecular formula is C23H31F3N2O4. The summed E-state index contributed by atoms with van der Waals surface area (Å²) in [6.45, 7) is 5.56. The van der Waals surface area contributed by atoms with Gasteiger partial charge < -0.3 is 19.3 Å². The number of halogens is 3. The fraction of sp³-hybridized carbons (Fsp3) is 0.652. The Hall–Kier alpha value is -2.29. The van der Waals surface area contributed by atoms with Crippen LogP contribution in [0.1, 0.15) is 51.5 Å². The zero-order valence-electron chi connectivity index (χ0n) is 18.7. The van der Waals surface area contributed by atoms with Gasteiger partial charge in [0, 0.05) is 19.1 Å². The van der Waals surface area contributed by atoms with Gasteiger partial charge in [0.2, 0.25) is 0 Å². The molecule has 2 fully saturated rings. The van der Waals surface area contributed by atoms with Crippen molar-refractivity contribution in [3.8, 4) is 0 Å². The van der Waals surface area contributed by atoms with E-state index in [0.29, 0.717) is 19.3 Å². The minimum Gasteiger partial charge on any atom is -0.444 e. The summed E-state index contributed by atoms with van der Waals surface area (Å²) in [5.41, 5.74) is 0.388. The molecule has 1 saturated carbocycles. The molecule has 0 aromatic heterocycles. The molecule has 3 atom stereocenters. The molecule has 1 aliphatic carbocycles. The lowest BCUT2D eigenvalue weighted by atomic mass is 9.97. The van der Waals surface area contributed by atoms with E-state index in [1.54, 1.807) is 20.8 Å². The highest BCUT2D eigenvalue weighted by molar-refractivity contribution is 5.82. The third-order valence-corrected chi connectivity index (χ3v) is 5.81. The van der Waals surface area contributed by atoms with Crippen molar-refractivity contribution in [2.45, 2.75) is 69.9 Å². The maximum absolute atomic E-state index is 13.4. The van der Waals surface area contributed by atoms with Crippen molar-refractivity contribution >= 4 is 12.0 Å². The Kier molecular flexibility index (Phi) is 7.37. The van der Waals surface area contributed by atoms with Gasteiger partial charge in [-0.3, -0.25) is 4.79 Å². The molecule has 6 nitrogen and oxygen atoms in total. The highest BCUT2D eigenvalue weighted by atomic mass is 19.4. The van der Waals surface area contributed by atoms with Crippen LogP contribution in [-0.2, 0) is 14.3 Å². The van der Waals surface area contributed by atoms with Gasteiger partial charge in [-0.15, -0.1) is 0 Å². The van der Waals surface area contributed by atoms with Crippen molar-refractivity contribution in [2.24, 2.45) is 0 Å². The predicted molar refractivity (Wildman–Crippen MR) is 112 cm³/mol. The zero-order valence-corrected chi connectivity index (χ0v) is 18.7. The monoisotopic (exact) mass is 456 g/mol. The first kappa shape index (κ1) is 24.4. The van der Waals surface area contributed by atoms with E-state index in [1.807, 2.05) is 30.3 Å². The topological polar surface area (TPSA) is 59.1 Å². The van der Waals surface area contributed by atoms with E-state index < -0.39 is 35.9 Å². The first-order valence-corrected chi connectivity index (χ1v) is 11.0. The minimum absolute atomic E-state index is 0.0748. The molecule has 178 valence electrons. The van der Waals surface area contributed by atoms with Crippen LogP contribution in [0.15, 0.2) is 30.3 Å². The lowest BCUT2D eigenvalue weighted by Crippen LogP contribution is -2.55. The van der Waals surface area contributed by atoms with Crippen molar-refractivity contribution in [3.05, 3.63) is 35.9 Å². The second-order valence-corrected chi connectivity index (χ2v) is 9.45. The molecule has 2 aliphatic rings. The Morgan fingerprint density at radius 1 is 1.16 bits per heavy atom. The molecule has 0 N–H and O–H groups in total. The Bertz CT molecular complexity index is 795. The number of hydrogen-bond donors (Lipinski definition) is 0. The first-order chi connectivity index (χ1) is 14.9. The number of hydrogen-bond acceptors (Lipinski definition) is 4. The summed E-state index contributed by atoms with van der Waals surface area (Å²) in [6.07, 6.45) is -4.54. The van der Waals surface area contributed by atoms with Crippen LogP contribution in [0.3, 0.4) is 0 Å². The SMILES string of the molecule is CC(C)(C)OC(=O)N1CCOC(CN(C(=O)C(F)(F)F)C2CC[C@@H](c3ccccc3)C2)C1. The molecule has 0 radical (unpaired) electrons. The predicted octanol–water partition coefficient (Wildman–Crippen LogP) is 4.35. The Balaban J connectivity index is 1.70. The summed E-state index contributed by atoms with van der Waals surface area (Å²) >= 11 is 0. The molecule has 2 amide bonds. The van der Waals surface area contributed by atoms with E-state index in [9.17, 15) is 22.8 Å². The van der Waals surface area contributed by atoms with Gasteiger partial charge in [0.1, 0.15) is 5.60 Å². The molecular weight excluding hydrogens is 425 g/mol. The fourth-order valence-electron chi connectivity index (χ4n) is 4.37. The summed E-state index contributed by atoms with van der Waals surface area (Å²) in [6, 6.07) is 9.10. The molecule has 1 aliphatic heterocycles. The smallest absolute Gasteiger partial charge is 0.444 e. The molecule has 2 unspecified atom stereocenters. The molecule has 9 heteroatoms. The third-order valence-electron chi connectivity index (χ3n) is 5.81. The van der Waals surface area contributed by atoms with E-state index in [1.165, 1.54) is 4.90 Å². The Morgan fingerprint density at radius 3 is 2.47 bits per heavy atom. The molecule has 3 rings (SSSR count). The Labute approximate surface area is 186 Å². The summed E-state index contributed by atoms with van der Waals surface area (Å²) in [7, 11) is 0. The van der Waals surface area contributed by atoms with Crippen LogP contribution in [0.25, 0.3) is 0 Å². The lowest BCUT2D eigenvalue weighted by molar-refractivity contribution is -0.190. The van der Waals surface area contributed by atoms with Gasteiger partial charge in [0.15, 0.2) is 0 Å². The summed E-state index contributed by atoms with van der Waals surface area (Å²) in [5, 5.41) is 0. The number of rotatable bonds is 4. The molecule has 1 aromatic carbocycles. The van der Waals surface area contributed by atoms with Crippen molar-refractivity contribution in [3.63, 3.8) is 0 Å². The van der Waals surface area contributed by atoms with Crippen LogP contribution in [0, 0.1) is 0 Å². The molecule has 32 heavy (non-hydrogen) atoms. The maximum Gasteiger partial charge on any atom is 0.471 e. The standard InChI is InChI=1S/C23H31F3N2O4/c1-22(2,3)32-21(30)27-11-12-31-19(14-27)15-28(20(29)23(24,25)26)18-10-9-17(13-18)16-7-5-4-6-8-16/h4-8,17-19H,9-15H2,1-3H3/t17-,18?,19?/m1/s1. The third kappa shape index (κ3) is 6.37. The molecule has 1 heterocycles. The molecule has 0 bridgehead atoms. The number of carbonyl (C=O) groups excluding carboxylic acids is 2. The van der Waals surface area contributed by atoms with Gasteiger partial charge in [0.05, 0.1) is 19.3 Å². The van der Waals surface area contributed by atoms with E-state index in [0.717, 1.165) is 10.5 Å². The van der Waals surface area contributed by atoms with Crippen LogP contribution in [0.5, 0.6) is 0 Å². The van der Waals surface area contributed by atoms with Crippen molar-refractivity contribution in [2.75, 3.05) is 26.2 Å². The van der Waals surface area contributed by atoms with Crippen molar-refractivity contribution < 1.29 is 32.2 Å². The number of nitrogens with zero attached hydrogens (tertiary/aromatic N) is 2. The number of benzene rings is 1. The van der Waals surface area contributed by atoms with Crippen LogP contribution >= 0.6 is 0 Å². The summed E-state index contributed by atoms with van der Waals surface area (Å²) < 4.78 is 51.2. The number of morpholine rings is 1. The second kappa shape index (κ2) is 9.68. The van der Waals surface area contributed by atoms with Gasteiger partial charge in [-0.05, 0) is 51.5 Å². The van der Waals surface area contributed by atoms with Crippen LogP contribution in [0.4, 0.5) is 18.0 Å². The largest absolute Gasteiger partial charge is 0.471 e. The summed E-state index contributed by atoms with van der Waals surface area (Å²) in [5.74, 6) is -1.75. The average molecular weight is 457 g/mol. The van der Waals surface area contributed by atoms with Crippen LogP contribution < -0.4 is 0 Å². The number of carbonyl (C=O) groups is 2. The van der Waals surface area contributed by atoms with Gasteiger partial charge >= 0.3 is 18.2 Å². The normalized spacial score (nSPS) is 24.3. The highest BCUT2D eigenvalue weighted by Gasteiger charge is 2.47. The Morgan fingerprint density at radius 2 is 1.84 bits per heavy atom. The van der Waals surface area contributed by atoms with Crippen molar-refractivity contribution in [1.82, 2.24) is 9.80 Å². The van der Waals surface area contributed by atoms with E-state index in [-0.39, 0.29) is 32.2 Å². The fourth-order valence-corrected chi connectivity index (χ4v) is 4.37. The van der Waals surface area contributed by atoms with Crippen LogP contribution in [-0.4, -0.2) is 72.0 Å².